The number of carbonyl (C=O) groups is 1. The maximum atomic E-state index is 12.5. The molecule has 0 amide bonds. The van der Waals surface area contributed by atoms with Crippen LogP contribution in [0.5, 0.6) is 0 Å². The van der Waals surface area contributed by atoms with E-state index in [4.69, 9.17) is 16.3 Å². The Bertz CT molecular complexity index is 711. The van der Waals surface area contributed by atoms with Gasteiger partial charge < -0.3 is 15.0 Å². The Labute approximate surface area is 160 Å². The fraction of sp³-hybridized carbons (Fsp3) is 0.381. The predicted octanol–water partition coefficient (Wildman–Crippen LogP) is 4.00. The van der Waals surface area contributed by atoms with E-state index >= 15 is 0 Å². The van der Waals surface area contributed by atoms with Gasteiger partial charge in [0.1, 0.15) is 5.54 Å². The molecule has 1 N–H and O–H groups in total. The number of nitrogens with one attached hydrogen (secondary N) is 1. The van der Waals surface area contributed by atoms with Crippen LogP contribution in [0.3, 0.4) is 0 Å². The Balaban J connectivity index is 1.59. The van der Waals surface area contributed by atoms with Crippen molar-refractivity contribution in [1.29, 1.82) is 0 Å². The molecular formula is C21H25ClN2O2. The highest BCUT2D eigenvalue weighted by Crippen LogP contribution is 2.28. The van der Waals surface area contributed by atoms with Crippen molar-refractivity contribution in [3.8, 4) is 0 Å². The van der Waals surface area contributed by atoms with Crippen molar-refractivity contribution in [2.75, 3.05) is 32.1 Å². The first-order chi connectivity index (χ1) is 12.6. The van der Waals surface area contributed by atoms with Crippen LogP contribution >= 0.6 is 11.6 Å². The molecule has 0 bridgehead atoms. The average Bonchev–Trinajstić information content (AvgIpc) is 2.69. The number of halogens is 1. The maximum Gasteiger partial charge on any atom is 0.331 e. The molecule has 4 nitrogen and oxygen atoms in total. The number of hydrogen-bond donors (Lipinski definition) is 1. The smallest absolute Gasteiger partial charge is 0.331 e. The SMILES string of the molecule is COC(=O)C1(Nc2ccccc2)CCN(CCc2ccc(Cl)cc2)CC1. The molecule has 1 saturated heterocycles. The second-order valence-corrected chi connectivity index (χ2v) is 7.22. The minimum absolute atomic E-state index is 0.182. The lowest BCUT2D eigenvalue weighted by molar-refractivity contribution is -0.147. The molecule has 0 saturated carbocycles. The molecule has 3 rings (SSSR count). The van der Waals surface area contributed by atoms with E-state index in [0.29, 0.717) is 0 Å². The van der Waals surface area contributed by atoms with Crippen LogP contribution < -0.4 is 5.32 Å². The molecule has 0 aromatic heterocycles. The lowest BCUT2D eigenvalue weighted by Gasteiger charge is -2.40. The van der Waals surface area contributed by atoms with Gasteiger partial charge in [-0.2, -0.15) is 0 Å². The molecule has 1 aliphatic heterocycles. The molecule has 5 heteroatoms. The highest BCUT2D eigenvalue weighted by molar-refractivity contribution is 6.30. The van der Waals surface area contributed by atoms with Gasteiger partial charge in [0.05, 0.1) is 7.11 Å². The molecule has 1 fully saturated rings. The van der Waals surface area contributed by atoms with Gasteiger partial charge in [0, 0.05) is 30.3 Å². The summed E-state index contributed by atoms with van der Waals surface area (Å²) < 4.78 is 5.11. The van der Waals surface area contributed by atoms with Gasteiger partial charge in [0.2, 0.25) is 0 Å². The number of ether oxygens (including phenoxy) is 1. The Morgan fingerprint density at radius 3 is 2.38 bits per heavy atom. The maximum absolute atomic E-state index is 12.5. The van der Waals surface area contributed by atoms with Crippen LogP contribution in [0, 0.1) is 0 Å². The molecule has 0 atom stereocenters. The summed E-state index contributed by atoms with van der Waals surface area (Å²) >= 11 is 5.94. The lowest BCUT2D eigenvalue weighted by atomic mass is 9.86. The molecule has 0 radical (unpaired) electrons. The topological polar surface area (TPSA) is 41.6 Å². The van der Waals surface area contributed by atoms with Crippen LogP contribution in [-0.4, -0.2) is 43.2 Å². The van der Waals surface area contributed by atoms with E-state index in [1.807, 2.05) is 42.5 Å². The quantitative estimate of drug-likeness (QED) is 0.778. The first-order valence-corrected chi connectivity index (χ1v) is 9.37. The van der Waals surface area contributed by atoms with Crippen LogP contribution in [-0.2, 0) is 16.0 Å². The molecule has 1 heterocycles. The molecule has 0 spiro atoms. The third-order valence-corrected chi connectivity index (χ3v) is 5.33. The van der Waals surface area contributed by atoms with E-state index in [1.54, 1.807) is 0 Å². The average molecular weight is 373 g/mol. The van der Waals surface area contributed by atoms with Crippen LogP contribution in [0.2, 0.25) is 5.02 Å². The summed E-state index contributed by atoms with van der Waals surface area (Å²) in [5, 5.41) is 4.20. The monoisotopic (exact) mass is 372 g/mol. The Kier molecular flexibility index (Phi) is 6.17. The van der Waals surface area contributed by atoms with Gasteiger partial charge in [-0.15, -0.1) is 0 Å². The van der Waals surface area contributed by atoms with Crippen LogP contribution in [0.25, 0.3) is 0 Å². The van der Waals surface area contributed by atoms with Gasteiger partial charge in [-0.3, -0.25) is 0 Å². The summed E-state index contributed by atoms with van der Waals surface area (Å²) in [5.74, 6) is -0.182. The number of methoxy groups -OCH3 is 1. The molecule has 0 unspecified atom stereocenters. The van der Waals surface area contributed by atoms with Gasteiger partial charge in [-0.25, -0.2) is 4.79 Å². The van der Waals surface area contributed by atoms with Crippen LogP contribution in [0.1, 0.15) is 18.4 Å². The zero-order chi connectivity index (χ0) is 18.4. The highest BCUT2D eigenvalue weighted by atomic mass is 35.5. The number of hydrogen-bond acceptors (Lipinski definition) is 4. The summed E-state index contributed by atoms with van der Waals surface area (Å²) in [5.41, 5.74) is 1.58. The number of esters is 1. The first-order valence-electron chi connectivity index (χ1n) is 9.00. The number of piperidine rings is 1. The third kappa shape index (κ3) is 4.57. The van der Waals surface area contributed by atoms with Crippen molar-refractivity contribution in [2.24, 2.45) is 0 Å². The second-order valence-electron chi connectivity index (χ2n) is 6.78. The Hall–Kier alpha value is -2.04. The van der Waals surface area contributed by atoms with Crippen molar-refractivity contribution >= 4 is 23.3 Å². The molecule has 2 aromatic rings. The second kappa shape index (κ2) is 8.56. The molecule has 1 aliphatic rings. The van der Waals surface area contributed by atoms with Crippen LogP contribution in [0.15, 0.2) is 54.6 Å². The fourth-order valence-corrected chi connectivity index (χ4v) is 3.60. The van der Waals surface area contributed by atoms with E-state index in [1.165, 1.54) is 12.7 Å². The summed E-state index contributed by atoms with van der Waals surface area (Å²) in [6.45, 7) is 2.70. The number of benzene rings is 2. The summed E-state index contributed by atoms with van der Waals surface area (Å²) in [6.07, 6.45) is 2.44. The van der Waals surface area contributed by atoms with E-state index < -0.39 is 5.54 Å². The number of nitrogens with zero attached hydrogens (tertiary/aromatic N) is 1. The number of likely N-dealkylation sites (tertiary alicyclic amines) is 1. The molecule has 26 heavy (non-hydrogen) atoms. The zero-order valence-electron chi connectivity index (χ0n) is 15.1. The van der Waals surface area contributed by atoms with E-state index in [2.05, 4.69) is 22.3 Å². The highest BCUT2D eigenvalue weighted by Gasteiger charge is 2.42. The Morgan fingerprint density at radius 1 is 1.12 bits per heavy atom. The standard InChI is InChI=1S/C21H25ClN2O2/c1-26-20(25)21(23-19-5-3-2-4-6-19)12-15-24(16-13-21)14-11-17-7-9-18(22)10-8-17/h2-10,23H,11-16H2,1H3. The minimum Gasteiger partial charge on any atom is -0.467 e. The molecule has 138 valence electrons. The number of anilines is 1. The number of para-hydroxylation sites is 1. The number of rotatable bonds is 6. The minimum atomic E-state index is -0.646. The molecule has 0 aliphatic carbocycles. The van der Waals surface area contributed by atoms with E-state index in [9.17, 15) is 4.79 Å². The Morgan fingerprint density at radius 2 is 1.77 bits per heavy atom. The molecule has 2 aromatic carbocycles. The van der Waals surface area contributed by atoms with Crippen molar-refractivity contribution in [3.63, 3.8) is 0 Å². The third-order valence-electron chi connectivity index (χ3n) is 5.07. The largest absolute Gasteiger partial charge is 0.467 e. The van der Waals surface area contributed by atoms with E-state index in [-0.39, 0.29) is 5.97 Å². The van der Waals surface area contributed by atoms with Crippen molar-refractivity contribution in [2.45, 2.75) is 24.8 Å². The molecular weight excluding hydrogens is 348 g/mol. The van der Waals surface area contributed by atoms with Gasteiger partial charge in [-0.05, 0) is 49.1 Å². The first kappa shape index (κ1) is 18.7. The van der Waals surface area contributed by atoms with Crippen molar-refractivity contribution in [3.05, 3.63) is 65.2 Å². The predicted molar refractivity (Wildman–Crippen MR) is 106 cm³/mol. The summed E-state index contributed by atoms with van der Waals surface area (Å²) in [7, 11) is 1.46. The summed E-state index contributed by atoms with van der Waals surface area (Å²) in [4.78, 5) is 14.9. The van der Waals surface area contributed by atoms with E-state index in [0.717, 1.165) is 49.6 Å². The van der Waals surface area contributed by atoms with Crippen molar-refractivity contribution < 1.29 is 9.53 Å². The van der Waals surface area contributed by atoms with Crippen LogP contribution in [0.4, 0.5) is 5.69 Å². The van der Waals surface area contributed by atoms with Gasteiger partial charge >= 0.3 is 5.97 Å². The number of carbonyl (C=O) groups excluding carboxylic acids is 1. The fourth-order valence-electron chi connectivity index (χ4n) is 3.47. The van der Waals surface area contributed by atoms with Gasteiger partial charge in [0.25, 0.3) is 0 Å². The van der Waals surface area contributed by atoms with Gasteiger partial charge in [0.15, 0.2) is 0 Å². The van der Waals surface area contributed by atoms with Gasteiger partial charge in [-0.1, -0.05) is 41.9 Å². The zero-order valence-corrected chi connectivity index (χ0v) is 15.8. The van der Waals surface area contributed by atoms with Crippen molar-refractivity contribution in [1.82, 2.24) is 4.90 Å². The lowest BCUT2D eigenvalue weighted by Crippen LogP contribution is -2.55. The summed E-state index contributed by atoms with van der Waals surface area (Å²) in [6, 6.07) is 17.9. The normalized spacial score (nSPS) is 16.8.